The second kappa shape index (κ2) is 5.96. The third-order valence-corrected chi connectivity index (χ3v) is 3.01. The number of nitrogens with zero attached hydrogens (tertiary/aromatic N) is 2. The van der Waals surface area contributed by atoms with Gasteiger partial charge in [0.15, 0.2) is 0 Å². The van der Waals surface area contributed by atoms with Crippen molar-refractivity contribution in [1.29, 1.82) is 0 Å². The summed E-state index contributed by atoms with van der Waals surface area (Å²) in [4.78, 5) is 12.0. The van der Waals surface area contributed by atoms with Crippen molar-refractivity contribution in [2.24, 2.45) is 0 Å². The van der Waals surface area contributed by atoms with Crippen molar-refractivity contribution in [2.75, 3.05) is 5.73 Å². The zero-order valence-corrected chi connectivity index (χ0v) is 12.1. The number of nitrogen functional groups attached to an aromatic ring is 1. The molecule has 0 aliphatic rings. The normalized spacial score (nSPS) is 10.6. The van der Waals surface area contributed by atoms with Crippen LogP contribution in [-0.2, 0) is 17.9 Å². The molecule has 0 aliphatic carbocycles. The summed E-state index contributed by atoms with van der Waals surface area (Å²) < 4.78 is 7.07. The molecule has 0 radical (unpaired) electrons. The van der Waals surface area contributed by atoms with Crippen LogP contribution in [0.2, 0.25) is 5.02 Å². The van der Waals surface area contributed by atoms with Crippen molar-refractivity contribution in [3.63, 3.8) is 0 Å². The molecule has 0 fully saturated rings. The number of anilines is 1. The predicted octanol–water partition coefficient (Wildman–Crippen LogP) is 2.80. The van der Waals surface area contributed by atoms with Gasteiger partial charge in [0, 0.05) is 17.3 Å². The van der Waals surface area contributed by atoms with Gasteiger partial charge in [-0.15, -0.1) is 0 Å². The first kappa shape index (κ1) is 14.4. The van der Waals surface area contributed by atoms with Crippen LogP contribution in [-0.4, -0.2) is 15.7 Å². The average molecular weight is 294 g/mol. The highest BCUT2D eigenvalue weighted by atomic mass is 35.5. The van der Waals surface area contributed by atoms with E-state index in [-0.39, 0.29) is 6.61 Å². The number of carbonyl (C=O) groups excluding carboxylic acids is 1. The van der Waals surface area contributed by atoms with E-state index in [0.29, 0.717) is 16.3 Å². The highest BCUT2D eigenvalue weighted by Gasteiger charge is 2.11. The molecule has 0 unspecified atom stereocenters. The Balaban J connectivity index is 2.08. The fourth-order valence-corrected chi connectivity index (χ4v) is 2.19. The van der Waals surface area contributed by atoms with Gasteiger partial charge in [-0.05, 0) is 38.1 Å². The van der Waals surface area contributed by atoms with E-state index in [4.69, 9.17) is 22.1 Å². The van der Waals surface area contributed by atoms with E-state index in [1.807, 2.05) is 19.9 Å². The van der Waals surface area contributed by atoms with Crippen molar-refractivity contribution in [3.05, 3.63) is 46.2 Å². The molecule has 1 aromatic heterocycles. The highest BCUT2D eigenvalue weighted by molar-refractivity contribution is 6.31. The summed E-state index contributed by atoms with van der Waals surface area (Å²) in [7, 11) is 0. The van der Waals surface area contributed by atoms with Crippen LogP contribution < -0.4 is 5.73 Å². The molecule has 5 nitrogen and oxygen atoms in total. The number of benzene rings is 1. The Hall–Kier alpha value is -2.01. The molecule has 0 aliphatic heterocycles. The molecule has 2 rings (SSSR count). The number of aryl methyl sites for hydroxylation is 2. The van der Waals surface area contributed by atoms with Gasteiger partial charge in [-0.1, -0.05) is 11.6 Å². The van der Waals surface area contributed by atoms with Gasteiger partial charge in [-0.2, -0.15) is 5.10 Å². The van der Waals surface area contributed by atoms with Gasteiger partial charge < -0.3 is 10.5 Å². The first-order chi connectivity index (χ1) is 9.49. The van der Waals surface area contributed by atoms with Crippen LogP contribution in [0.25, 0.3) is 0 Å². The fraction of sp³-hybridized carbons (Fsp3) is 0.286. The molecule has 2 N–H and O–H groups in total. The molecule has 0 bridgehead atoms. The molecular formula is C14H16ClN3O2. The summed E-state index contributed by atoms with van der Waals surface area (Å²) in [5.41, 5.74) is 8.17. The van der Waals surface area contributed by atoms with Gasteiger partial charge in [0.2, 0.25) is 0 Å². The number of carbonyl (C=O) groups is 1. The molecule has 0 atom stereocenters. The zero-order chi connectivity index (χ0) is 14.7. The molecule has 0 saturated carbocycles. The Morgan fingerprint density at radius 2 is 2.15 bits per heavy atom. The number of nitrogens with two attached hydrogens (primary N) is 1. The standard InChI is InChI=1S/C14H16ClN3O2/c1-3-18-13(4-9(2)17-18)8-20-14(19)10-5-11(15)7-12(16)6-10/h4-7H,3,8,16H2,1-2H3. The van der Waals surface area contributed by atoms with E-state index < -0.39 is 5.97 Å². The second-order valence-electron chi connectivity index (χ2n) is 4.44. The Kier molecular flexibility index (Phi) is 4.29. The van der Waals surface area contributed by atoms with Gasteiger partial charge in [0.1, 0.15) is 6.61 Å². The minimum atomic E-state index is -0.458. The molecule has 0 saturated heterocycles. The van der Waals surface area contributed by atoms with Crippen molar-refractivity contribution in [1.82, 2.24) is 9.78 Å². The Morgan fingerprint density at radius 3 is 2.80 bits per heavy atom. The number of ether oxygens (including phenoxy) is 1. The van der Waals surface area contributed by atoms with E-state index in [0.717, 1.165) is 17.9 Å². The van der Waals surface area contributed by atoms with E-state index in [1.165, 1.54) is 12.1 Å². The number of hydrogen-bond acceptors (Lipinski definition) is 4. The Morgan fingerprint density at radius 1 is 1.40 bits per heavy atom. The van der Waals surface area contributed by atoms with Crippen molar-refractivity contribution in [2.45, 2.75) is 27.0 Å². The predicted molar refractivity (Wildman–Crippen MR) is 77.6 cm³/mol. The maximum atomic E-state index is 12.0. The molecule has 1 heterocycles. The van der Waals surface area contributed by atoms with Crippen LogP contribution >= 0.6 is 11.6 Å². The largest absolute Gasteiger partial charge is 0.456 e. The van der Waals surface area contributed by atoms with Gasteiger partial charge in [0.05, 0.1) is 17.0 Å². The summed E-state index contributed by atoms with van der Waals surface area (Å²) in [5, 5.41) is 4.70. The summed E-state index contributed by atoms with van der Waals surface area (Å²) in [6.45, 7) is 4.77. The van der Waals surface area contributed by atoms with Gasteiger partial charge in [-0.3, -0.25) is 4.68 Å². The average Bonchev–Trinajstić information content (AvgIpc) is 2.75. The molecule has 2 aromatic rings. The zero-order valence-electron chi connectivity index (χ0n) is 11.4. The molecule has 20 heavy (non-hydrogen) atoms. The van der Waals surface area contributed by atoms with Crippen molar-refractivity contribution in [3.8, 4) is 0 Å². The SMILES string of the molecule is CCn1nc(C)cc1COC(=O)c1cc(N)cc(Cl)c1. The summed E-state index contributed by atoms with van der Waals surface area (Å²) in [5.74, 6) is -0.458. The molecule has 0 spiro atoms. The van der Waals surface area contributed by atoms with Crippen LogP contribution in [0.3, 0.4) is 0 Å². The van der Waals surface area contributed by atoms with Gasteiger partial charge in [0.25, 0.3) is 0 Å². The Bertz CT molecular complexity index is 617. The molecular weight excluding hydrogens is 278 g/mol. The third kappa shape index (κ3) is 3.30. The van der Waals surface area contributed by atoms with E-state index in [1.54, 1.807) is 10.7 Å². The smallest absolute Gasteiger partial charge is 0.338 e. The van der Waals surface area contributed by atoms with Crippen LogP contribution in [0.4, 0.5) is 5.69 Å². The summed E-state index contributed by atoms with van der Waals surface area (Å²) in [6, 6.07) is 6.54. The molecule has 6 heteroatoms. The maximum absolute atomic E-state index is 12.0. The molecule has 0 amide bonds. The lowest BCUT2D eigenvalue weighted by molar-refractivity contribution is 0.0462. The number of esters is 1. The minimum Gasteiger partial charge on any atom is -0.456 e. The van der Waals surface area contributed by atoms with E-state index in [9.17, 15) is 4.79 Å². The van der Waals surface area contributed by atoms with Crippen molar-refractivity contribution >= 4 is 23.3 Å². The van der Waals surface area contributed by atoms with Crippen molar-refractivity contribution < 1.29 is 9.53 Å². The number of halogens is 1. The van der Waals surface area contributed by atoms with Gasteiger partial charge in [-0.25, -0.2) is 4.79 Å². The summed E-state index contributed by atoms with van der Waals surface area (Å²) >= 11 is 5.86. The topological polar surface area (TPSA) is 70.1 Å². The van der Waals surface area contributed by atoms with Crippen LogP contribution in [0, 0.1) is 6.92 Å². The first-order valence-corrected chi connectivity index (χ1v) is 6.64. The third-order valence-electron chi connectivity index (χ3n) is 2.79. The highest BCUT2D eigenvalue weighted by Crippen LogP contribution is 2.18. The Labute approximate surface area is 122 Å². The van der Waals surface area contributed by atoms with E-state index in [2.05, 4.69) is 5.10 Å². The number of rotatable bonds is 4. The minimum absolute atomic E-state index is 0.167. The lowest BCUT2D eigenvalue weighted by Gasteiger charge is -2.07. The number of hydrogen-bond donors (Lipinski definition) is 1. The molecule has 1 aromatic carbocycles. The second-order valence-corrected chi connectivity index (χ2v) is 4.88. The first-order valence-electron chi connectivity index (χ1n) is 6.26. The molecule has 106 valence electrons. The quantitative estimate of drug-likeness (QED) is 0.695. The fourth-order valence-electron chi connectivity index (χ4n) is 1.94. The van der Waals surface area contributed by atoms with E-state index >= 15 is 0 Å². The van der Waals surface area contributed by atoms with Crippen LogP contribution in [0.1, 0.15) is 28.7 Å². The van der Waals surface area contributed by atoms with Crippen LogP contribution in [0.5, 0.6) is 0 Å². The van der Waals surface area contributed by atoms with Crippen LogP contribution in [0.15, 0.2) is 24.3 Å². The maximum Gasteiger partial charge on any atom is 0.338 e. The summed E-state index contributed by atoms with van der Waals surface area (Å²) in [6.07, 6.45) is 0. The van der Waals surface area contributed by atoms with Gasteiger partial charge >= 0.3 is 5.97 Å². The lowest BCUT2D eigenvalue weighted by Crippen LogP contribution is -2.09. The number of aromatic nitrogens is 2. The monoisotopic (exact) mass is 293 g/mol. The lowest BCUT2D eigenvalue weighted by atomic mass is 10.2.